The summed E-state index contributed by atoms with van der Waals surface area (Å²) < 4.78 is 9.86. The fourth-order valence-corrected chi connectivity index (χ4v) is 0.718. The van der Waals surface area contributed by atoms with Crippen LogP contribution >= 0.6 is 0 Å². The standard InChI is InChI=1S/C8H18N2O3/c1-10(2)7(11)5-9-6-8(12-3)13-4/h8-9H,5-6H2,1-4H3. The molecule has 0 aliphatic carbocycles. The zero-order valence-corrected chi connectivity index (χ0v) is 8.66. The van der Waals surface area contributed by atoms with Gasteiger partial charge in [-0.3, -0.25) is 4.79 Å². The molecule has 0 atom stereocenters. The van der Waals surface area contributed by atoms with Crippen LogP contribution in [0.2, 0.25) is 0 Å². The first-order chi connectivity index (χ1) is 6.11. The molecule has 0 aromatic rings. The summed E-state index contributed by atoms with van der Waals surface area (Å²) in [5.74, 6) is 0.0333. The normalized spacial score (nSPS) is 10.5. The highest BCUT2D eigenvalue weighted by Gasteiger charge is 2.06. The largest absolute Gasteiger partial charge is 0.355 e. The molecular formula is C8H18N2O3. The van der Waals surface area contributed by atoms with Gasteiger partial charge in [0.1, 0.15) is 0 Å². The lowest BCUT2D eigenvalue weighted by atomic mass is 10.5. The molecular weight excluding hydrogens is 172 g/mol. The second-order valence-electron chi connectivity index (χ2n) is 2.82. The smallest absolute Gasteiger partial charge is 0.236 e. The van der Waals surface area contributed by atoms with Crippen molar-refractivity contribution in [3.8, 4) is 0 Å². The van der Waals surface area contributed by atoms with Crippen molar-refractivity contribution in [3.05, 3.63) is 0 Å². The Morgan fingerprint density at radius 1 is 1.38 bits per heavy atom. The average Bonchev–Trinajstić information content (AvgIpc) is 2.12. The Balaban J connectivity index is 3.49. The lowest BCUT2D eigenvalue weighted by molar-refractivity contribution is -0.128. The molecule has 1 amide bonds. The molecule has 0 aliphatic heterocycles. The van der Waals surface area contributed by atoms with Gasteiger partial charge in [0.2, 0.25) is 5.91 Å². The number of likely N-dealkylation sites (N-methyl/N-ethyl adjacent to an activating group) is 1. The van der Waals surface area contributed by atoms with Gasteiger partial charge in [-0.2, -0.15) is 0 Å². The number of hydrogen-bond donors (Lipinski definition) is 1. The van der Waals surface area contributed by atoms with Crippen molar-refractivity contribution in [3.63, 3.8) is 0 Å². The molecule has 0 fully saturated rings. The third-order valence-electron chi connectivity index (χ3n) is 1.61. The second-order valence-corrected chi connectivity index (χ2v) is 2.82. The van der Waals surface area contributed by atoms with Gasteiger partial charge in [-0.05, 0) is 0 Å². The Kier molecular flexibility index (Phi) is 6.48. The average molecular weight is 190 g/mol. The van der Waals surface area contributed by atoms with Crippen LogP contribution in [-0.4, -0.2) is 58.5 Å². The number of carbonyl (C=O) groups excluding carboxylic acids is 1. The van der Waals surface area contributed by atoms with Crippen LogP contribution in [0.5, 0.6) is 0 Å². The minimum absolute atomic E-state index is 0.0333. The zero-order valence-electron chi connectivity index (χ0n) is 8.66. The molecule has 0 saturated heterocycles. The highest BCUT2D eigenvalue weighted by Crippen LogP contribution is 1.87. The Morgan fingerprint density at radius 3 is 2.31 bits per heavy atom. The van der Waals surface area contributed by atoms with E-state index in [1.54, 1.807) is 28.3 Å². The van der Waals surface area contributed by atoms with Gasteiger partial charge >= 0.3 is 0 Å². The lowest BCUT2D eigenvalue weighted by Gasteiger charge is -2.15. The predicted molar refractivity (Wildman–Crippen MR) is 49.4 cm³/mol. The van der Waals surface area contributed by atoms with Gasteiger partial charge in [-0.15, -0.1) is 0 Å². The molecule has 0 rings (SSSR count). The number of ether oxygens (including phenoxy) is 2. The molecule has 0 saturated carbocycles. The molecule has 0 aromatic carbocycles. The summed E-state index contributed by atoms with van der Waals surface area (Å²) in [6.07, 6.45) is -0.296. The summed E-state index contributed by atoms with van der Waals surface area (Å²) >= 11 is 0. The second kappa shape index (κ2) is 6.82. The van der Waals surface area contributed by atoms with Crippen LogP contribution < -0.4 is 5.32 Å². The van der Waals surface area contributed by atoms with Gasteiger partial charge in [-0.25, -0.2) is 0 Å². The molecule has 1 N–H and O–H groups in total. The monoisotopic (exact) mass is 190 g/mol. The van der Waals surface area contributed by atoms with Crippen LogP contribution in [0.3, 0.4) is 0 Å². The van der Waals surface area contributed by atoms with Gasteiger partial charge in [0.05, 0.1) is 6.54 Å². The first-order valence-electron chi connectivity index (χ1n) is 4.08. The quantitative estimate of drug-likeness (QED) is 0.562. The summed E-state index contributed by atoms with van der Waals surface area (Å²) in [6, 6.07) is 0. The molecule has 0 bridgehead atoms. The van der Waals surface area contributed by atoms with Crippen molar-refractivity contribution in [2.24, 2.45) is 0 Å². The number of methoxy groups -OCH3 is 2. The van der Waals surface area contributed by atoms with E-state index >= 15 is 0 Å². The molecule has 5 nitrogen and oxygen atoms in total. The molecule has 13 heavy (non-hydrogen) atoms. The van der Waals surface area contributed by atoms with Gasteiger partial charge in [0, 0.05) is 34.9 Å². The first kappa shape index (κ1) is 12.3. The van der Waals surface area contributed by atoms with Crippen molar-refractivity contribution < 1.29 is 14.3 Å². The van der Waals surface area contributed by atoms with Crippen molar-refractivity contribution in [2.75, 3.05) is 41.4 Å². The van der Waals surface area contributed by atoms with E-state index in [1.165, 1.54) is 4.90 Å². The van der Waals surface area contributed by atoms with Crippen LogP contribution in [0, 0.1) is 0 Å². The number of nitrogens with zero attached hydrogens (tertiary/aromatic N) is 1. The maximum absolute atomic E-state index is 11.1. The fourth-order valence-electron chi connectivity index (χ4n) is 0.718. The van der Waals surface area contributed by atoms with Crippen molar-refractivity contribution in [1.82, 2.24) is 10.2 Å². The minimum Gasteiger partial charge on any atom is -0.355 e. The number of carbonyl (C=O) groups is 1. The van der Waals surface area contributed by atoms with Gasteiger partial charge < -0.3 is 19.7 Å². The Bertz CT molecular complexity index is 146. The van der Waals surface area contributed by atoms with Crippen molar-refractivity contribution in [2.45, 2.75) is 6.29 Å². The number of rotatable bonds is 6. The van der Waals surface area contributed by atoms with Gasteiger partial charge in [0.25, 0.3) is 0 Å². The molecule has 0 unspecified atom stereocenters. The van der Waals surface area contributed by atoms with Gasteiger partial charge in [-0.1, -0.05) is 0 Å². The van der Waals surface area contributed by atoms with Crippen LogP contribution in [0.15, 0.2) is 0 Å². The van der Waals surface area contributed by atoms with Crippen LogP contribution in [-0.2, 0) is 14.3 Å². The highest BCUT2D eigenvalue weighted by molar-refractivity contribution is 5.77. The maximum atomic E-state index is 11.1. The molecule has 0 radical (unpaired) electrons. The fraction of sp³-hybridized carbons (Fsp3) is 0.875. The Morgan fingerprint density at radius 2 is 1.92 bits per heavy atom. The van der Waals surface area contributed by atoms with E-state index in [0.717, 1.165) is 0 Å². The minimum atomic E-state index is -0.296. The van der Waals surface area contributed by atoms with E-state index in [0.29, 0.717) is 13.1 Å². The summed E-state index contributed by atoms with van der Waals surface area (Å²) in [7, 11) is 6.55. The number of hydrogen-bond acceptors (Lipinski definition) is 4. The Hall–Kier alpha value is -0.650. The third-order valence-corrected chi connectivity index (χ3v) is 1.61. The number of amides is 1. The van der Waals surface area contributed by atoms with Crippen LogP contribution in [0.4, 0.5) is 0 Å². The topological polar surface area (TPSA) is 50.8 Å². The van der Waals surface area contributed by atoms with Crippen molar-refractivity contribution in [1.29, 1.82) is 0 Å². The predicted octanol–water partition coefficient (Wildman–Crippen LogP) is -0.717. The molecule has 78 valence electrons. The Labute approximate surface area is 79.0 Å². The third kappa shape index (κ3) is 5.57. The van der Waals surface area contributed by atoms with E-state index in [-0.39, 0.29) is 12.2 Å². The van der Waals surface area contributed by atoms with E-state index in [9.17, 15) is 4.79 Å². The first-order valence-corrected chi connectivity index (χ1v) is 4.08. The van der Waals surface area contributed by atoms with E-state index in [1.807, 2.05) is 0 Å². The molecule has 0 aliphatic rings. The van der Waals surface area contributed by atoms with Crippen LogP contribution in [0.25, 0.3) is 0 Å². The number of nitrogens with one attached hydrogen (secondary N) is 1. The maximum Gasteiger partial charge on any atom is 0.236 e. The van der Waals surface area contributed by atoms with E-state index in [2.05, 4.69) is 5.32 Å². The summed E-state index contributed by atoms with van der Waals surface area (Å²) in [5.41, 5.74) is 0. The molecule has 5 heteroatoms. The highest BCUT2D eigenvalue weighted by atomic mass is 16.7. The summed E-state index contributed by atoms with van der Waals surface area (Å²) in [6.45, 7) is 0.808. The lowest BCUT2D eigenvalue weighted by Crippen LogP contribution is -2.37. The summed E-state index contributed by atoms with van der Waals surface area (Å²) in [4.78, 5) is 12.6. The molecule has 0 spiro atoms. The van der Waals surface area contributed by atoms with E-state index in [4.69, 9.17) is 9.47 Å². The molecule has 0 aromatic heterocycles. The van der Waals surface area contributed by atoms with Crippen LogP contribution in [0.1, 0.15) is 0 Å². The van der Waals surface area contributed by atoms with E-state index < -0.39 is 0 Å². The van der Waals surface area contributed by atoms with Crippen molar-refractivity contribution >= 4 is 5.91 Å². The SMILES string of the molecule is COC(CNCC(=O)N(C)C)OC. The molecule has 0 heterocycles. The summed E-state index contributed by atoms with van der Waals surface area (Å²) in [5, 5.41) is 2.93. The zero-order chi connectivity index (χ0) is 10.3. The van der Waals surface area contributed by atoms with Gasteiger partial charge in [0.15, 0.2) is 6.29 Å².